The van der Waals surface area contributed by atoms with Gasteiger partial charge in [-0.2, -0.15) is 0 Å². The Bertz CT molecular complexity index is 2990. The molecular weight excluding hydrogens is 757 g/mol. The number of para-hydroxylation sites is 2. The van der Waals surface area contributed by atoms with Gasteiger partial charge in [-0.15, -0.1) is 0 Å². The van der Waals surface area contributed by atoms with Gasteiger partial charge in [-0.05, 0) is 86.0 Å². The van der Waals surface area contributed by atoms with Gasteiger partial charge in [0.05, 0.1) is 12.0 Å². The first kappa shape index (κ1) is 38.3. The van der Waals surface area contributed by atoms with Crippen molar-refractivity contribution in [1.82, 2.24) is 0 Å². The quantitative estimate of drug-likeness (QED) is 0.113. The van der Waals surface area contributed by atoms with Gasteiger partial charge < -0.3 is 16.2 Å². The Balaban J connectivity index is 0.966. The monoisotopic (exact) mass is 800 g/mol. The molecule has 2 aliphatic rings. The van der Waals surface area contributed by atoms with Crippen LogP contribution in [0, 0.1) is 0 Å². The molecule has 0 radical (unpaired) electrons. The minimum absolute atomic E-state index is 0.403. The molecule has 10 rings (SSSR count). The van der Waals surface area contributed by atoms with E-state index in [4.69, 9.17) is 26.2 Å². The third-order valence-electron chi connectivity index (χ3n) is 11.9. The fraction of sp³-hybridized carbons (Fsp3) is 0.0526. The van der Waals surface area contributed by atoms with Crippen LogP contribution in [-0.2, 0) is 12.0 Å². The predicted octanol–water partition coefficient (Wildman–Crippen LogP) is 12.4. The first-order chi connectivity index (χ1) is 30.6. The molecule has 0 unspecified atom stereocenters. The summed E-state index contributed by atoms with van der Waals surface area (Å²) < 4.78 is 6.51. The summed E-state index contributed by atoms with van der Waals surface area (Å²) in [4.78, 5) is 9.93. The fourth-order valence-electron chi connectivity index (χ4n) is 8.86. The summed E-state index contributed by atoms with van der Waals surface area (Å²) >= 11 is 0. The smallest absolute Gasteiger partial charge is 0.157 e. The molecule has 1 heterocycles. The van der Waals surface area contributed by atoms with Crippen LogP contribution in [0.25, 0.3) is 39.5 Å². The summed E-state index contributed by atoms with van der Waals surface area (Å²) in [5.74, 6) is 2.71. The standard InChI is InChI=1S/C57H44N4O/c58-34-12-19-49-36-47-33-32-46(37-52(47)57(49)50-20-7-9-22-53(50)62-54-23-10-8-21-51(54)57)43-26-24-42(25-27-43)45-17-11-18-48(35-45)55(59)61-56(60-38-39-13-3-1-4-14-39)44-30-28-41(29-31-44)40-15-5-2-6-16-40/h1-33,35-37H,34,38,58H2,(H2,59,60,61)/b19-12-. The SMILES string of the molecule is NC/C=C\C1=Cc2ccc(-c3ccc(-c4cccc(C(N)=NC(=NCc5ccccc5)c5ccc(-c6ccccc6)cc5)c4)cc3)cc2C12c1ccccc1Oc1ccccc12. The molecule has 0 aromatic heterocycles. The lowest BCUT2D eigenvalue weighted by atomic mass is 9.65. The maximum atomic E-state index is 6.82. The average molecular weight is 801 g/mol. The molecule has 8 aromatic rings. The van der Waals surface area contributed by atoms with Crippen LogP contribution in [-0.4, -0.2) is 18.2 Å². The van der Waals surface area contributed by atoms with Crippen LogP contribution >= 0.6 is 0 Å². The van der Waals surface area contributed by atoms with E-state index in [1.165, 1.54) is 16.7 Å². The van der Waals surface area contributed by atoms with Gasteiger partial charge >= 0.3 is 0 Å². The van der Waals surface area contributed by atoms with Crippen molar-refractivity contribution in [3.8, 4) is 44.9 Å². The highest BCUT2D eigenvalue weighted by Gasteiger charge is 2.49. The lowest BCUT2D eigenvalue weighted by molar-refractivity contribution is 0.436. The molecule has 0 saturated carbocycles. The highest BCUT2D eigenvalue weighted by atomic mass is 16.5. The van der Waals surface area contributed by atoms with Gasteiger partial charge in [0.1, 0.15) is 17.3 Å². The summed E-state index contributed by atoms with van der Waals surface area (Å²) in [6, 6.07) is 69.5. The van der Waals surface area contributed by atoms with Crippen molar-refractivity contribution in [1.29, 1.82) is 0 Å². The number of allylic oxidation sites excluding steroid dienone is 2. The second-order valence-corrected chi connectivity index (χ2v) is 15.6. The number of aliphatic imine (C=N–C) groups is 2. The van der Waals surface area contributed by atoms with Gasteiger partial charge in [-0.3, -0.25) is 4.99 Å². The van der Waals surface area contributed by atoms with Crippen molar-refractivity contribution in [3.63, 3.8) is 0 Å². The molecule has 0 atom stereocenters. The first-order valence-electron chi connectivity index (χ1n) is 21.0. The van der Waals surface area contributed by atoms with Crippen LogP contribution in [0.5, 0.6) is 11.5 Å². The van der Waals surface area contributed by atoms with Crippen molar-refractivity contribution < 1.29 is 4.74 Å². The Kier molecular flexibility index (Phi) is 10.3. The third kappa shape index (κ3) is 7.15. The maximum absolute atomic E-state index is 6.82. The van der Waals surface area contributed by atoms with Crippen LogP contribution < -0.4 is 16.2 Å². The van der Waals surface area contributed by atoms with Gasteiger partial charge in [0.15, 0.2) is 5.84 Å². The molecule has 0 fully saturated rings. The topological polar surface area (TPSA) is 86.0 Å². The van der Waals surface area contributed by atoms with E-state index in [1.54, 1.807) is 0 Å². The Morgan fingerprint density at radius 1 is 0.516 bits per heavy atom. The molecule has 5 nitrogen and oxygen atoms in total. The number of nitrogens with zero attached hydrogens (tertiary/aromatic N) is 2. The number of ether oxygens (including phenoxy) is 1. The van der Waals surface area contributed by atoms with E-state index in [1.807, 2.05) is 54.6 Å². The summed E-state index contributed by atoms with van der Waals surface area (Å²) in [5, 5.41) is 0. The van der Waals surface area contributed by atoms with E-state index in [2.05, 4.69) is 164 Å². The zero-order valence-electron chi connectivity index (χ0n) is 34.2. The summed E-state index contributed by atoms with van der Waals surface area (Å²) in [5.41, 5.74) is 27.6. The van der Waals surface area contributed by atoms with Crippen LogP contribution in [0.3, 0.4) is 0 Å². The van der Waals surface area contributed by atoms with Crippen molar-refractivity contribution in [2.24, 2.45) is 21.5 Å². The Hall–Kier alpha value is -7.86. The number of hydrogen-bond donors (Lipinski definition) is 2. The predicted molar refractivity (Wildman–Crippen MR) is 256 cm³/mol. The van der Waals surface area contributed by atoms with E-state index in [-0.39, 0.29) is 0 Å². The summed E-state index contributed by atoms with van der Waals surface area (Å²) in [6.07, 6.45) is 6.52. The zero-order valence-corrected chi connectivity index (χ0v) is 34.2. The number of rotatable bonds is 9. The molecule has 298 valence electrons. The van der Waals surface area contributed by atoms with Crippen molar-refractivity contribution in [2.45, 2.75) is 12.0 Å². The number of amidine groups is 2. The van der Waals surface area contributed by atoms with Crippen LogP contribution in [0.4, 0.5) is 0 Å². The van der Waals surface area contributed by atoms with Crippen molar-refractivity contribution in [2.75, 3.05) is 6.54 Å². The molecule has 8 aromatic carbocycles. The van der Waals surface area contributed by atoms with E-state index in [9.17, 15) is 0 Å². The Labute approximate surface area is 362 Å². The minimum atomic E-state index is -0.554. The van der Waals surface area contributed by atoms with Gasteiger partial charge in [0.2, 0.25) is 0 Å². The van der Waals surface area contributed by atoms with Gasteiger partial charge in [0.25, 0.3) is 0 Å². The summed E-state index contributed by atoms with van der Waals surface area (Å²) in [6.45, 7) is 0.945. The lowest BCUT2D eigenvalue weighted by Gasteiger charge is -2.40. The highest BCUT2D eigenvalue weighted by Crippen LogP contribution is 2.59. The Morgan fingerprint density at radius 2 is 1.06 bits per heavy atom. The molecule has 1 aliphatic heterocycles. The van der Waals surface area contributed by atoms with E-state index >= 15 is 0 Å². The van der Waals surface area contributed by atoms with Crippen LogP contribution in [0.15, 0.2) is 228 Å². The largest absolute Gasteiger partial charge is 0.457 e. The van der Waals surface area contributed by atoms with Crippen molar-refractivity contribution in [3.05, 3.63) is 257 Å². The second-order valence-electron chi connectivity index (χ2n) is 15.6. The molecule has 1 spiro atoms. The van der Waals surface area contributed by atoms with Crippen LogP contribution in [0.2, 0.25) is 0 Å². The van der Waals surface area contributed by atoms with Crippen molar-refractivity contribution >= 4 is 17.7 Å². The fourth-order valence-corrected chi connectivity index (χ4v) is 8.86. The van der Waals surface area contributed by atoms with E-state index in [0.29, 0.717) is 24.8 Å². The molecule has 4 N–H and O–H groups in total. The van der Waals surface area contributed by atoms with Gasteiger partial charge in [0, 0.05) is 28.8 Å². The molecule has 1 aliphatic carbocycles. The molecule has 62 heavy (non-hydrogen) atoms. The normalized spacial score (nSPS) is 13.9. The lowest BCUT2D eigenvalue weighted by Crippen LogP contribution is -2.32. The average Bonchev–Trinajstić information content (AvgIpc) is 3.66. The number of benzene rings is 8. The number of hydrogen-bond acceptors (Lipinski definition) is 3. The molecule has 0 amide bonds. The van der Waals surface area contributed by atoms with E-state index < -0.39 is 5.41 Å². The van der Waals surface area contributed by atoms with Gasteiger partial charge in [-0.1, -0.05) is 188 Å². The van der Waals surface area contributed by atoms with Crippen LogP contribution in [0.1, 0.15) is 38.9 Å². The first-order valence-corrected chi connectivity index (χ1v) is 21.0. The number of nitrogens with two attached hydrogens (primary N) is 2. The Morgan fingerprint density at radius 3 is 1.74 bits per heavy atom. The molecule has 0 saturated heterocycles. The molecule has 5 heteroatoms. The number of fused-ring (bicyclic) bond motifs is 6. The van der Waals surface area contributed by atoms with E-state index in [0.717, 1.165) is 72.7 Å². The second kappa shape index (κ2) is 16.7. The minimum Gasteiger partial charge on any atom is -0.457 e. The molecule has 0 bridgehead atoms. The molecular formula is C57H44N4O. The highest BCUT2D eigenvalue weighted by molar-refractivity contribution is 6.11. The summed E-state index contributed by atoms with van der Waals surface area (Å²) in [7, 11) is 0. The third-order valence-corrected chi connectivity index (χ3v) is 11.9. The van der Waals surface area contributed by atoms with Gasteiger partial charge in [-0.25, -0.2) is 4.99 Å². The zero-order chi connectivity index (χ0) is 41.9. The maximum Gasteiger partial charge on any atom is 0.157 e.